The van der Waals surface area contributed by atoms with Crippen molar-refractivity contribution in [1.29, 1.82) is 0 Å². The molecular weight excluding hydrogens is 479 g/mol. The third-order valence-electron chi connectivity index (χ3n) is 6.01. The normalized spacial score (nSPS) is 17.5. The third-order valence-corrected chi connectivity index (χ3v) is 6.89. The van der Waals surface area contributed by atoms with Gasteiger partial charge >= 0.3 is 11.9 Å². The van der Waals surface area contributed by atoms with E-state index in [0.717, 1.165) is 11.1 Å². The lowest BCUT2D eigenvalue weighted by Crippen LogP contribution is -2.36. The van der Waals surface area contributed by atoms with Crippen molar-refractivity contribution in [3.63, 3.8) is 0 Å². The van der Waals surface area contributed by atoms with Gasteiger partial charge in [0.2, 0.25) is 0 Å². The fourth-order valence-corrected chi connectivity index (χ4v) is 5.40. The smallest absolute Gasteiger partial charge is 0.336 e. The number of rotatable bonds is 7. The second kappa shape index (κ2) is 11.0. The van der Waals surface area contributed by atoms with Crippen LogP contribution >= 0.6 is 11.3 Å². The van der Waals surface area contributed by atoms with Crippen LogP contribution in [0.3, 0.4) is 0 Å². The number of esters is 2. The number of carbonyl (C=O) groups excluding carboxylic acids is 2. The first-order valence-corrected chi connectivity index (χ1v) is 12.6. The summed E-state index contributed by atoms with van der Waals surface area (Å²) in [5.74, 6) is -2.76. The Kier molecular flexibility index (Phi) is 7.74. The Morgan fingerprint density at radius 2 is 1.78 bits per heavy atom. The van der Waals surface area contributed by atoms with Gasteiger partial charge in [-0.25, -0.2) is 14.2 Å². The molecular formula is C28H27FN2O4S. The summed E-state index contributed by atoms with van der Waals surface area (Å²) in [6.07, 6.45) is 0. The van der Waals surface area contributed by atoms with E-state index in [-0.39, 0.29) is 19.0 Å². The number of nitrogens with zero attached hydrogens (tertiary/aromatic N) is 2. The number of hydrogen-bond donors (Lipinski definition) is 0. The number of allylic oxidation sites excluding steroid dienone is 1. The maximum atomic E-state index is 13.8. The van der Waals surface area contributed by atoms with E-state index in [1.165, 1.54) is 23.5 Å². The van der Waals surface area contributed by atoms with E-state index < -0.39 is 23.8 Å². The first kappa shape index (κ1) is 25.4. The highest BCUT2D eigenvalue weighted by atomic mass is 32.1. The highest BCUT2D eigenvalue weighted by Crippen LogP contribution is 2.44. The van der Waals surface area contributed by atoms with Crippen molar-refractivity contribution in [3.8, 4) is 21.8 Å². The lowest BCUT2D eigenvalue weighted by molar-refractivity contribution is -0.146. The van der Waals surface area contributed by atoms with Crippen LogP contribution in [0.4, 0.5) is 4.39 Å². The molecule has 1 aromatic heterocycles. The van der Waals surface area contributed by atoms with Crippen LogP contribution in [0, 0.1) is 11.7 Å². The van der Waals surface area contributed by atoms with Gasteiger partial charge in [0, 0.05) is 33.8 Å². The highest BCUT2D eigenvalue weighted by molar-refractivity contribution is 7.13. The molecule has 4 rings (SSSR count). The van der Waals surface area contributed by atoms with Gasteiger partial charge in [0.05, 0.1) is 24.5 Å². The largest absolute Gasteiger partial charge is 0.465 e. The van der Waals surface area contributed by atoms with Gasteiger partial charge in [-0.15, -0.1) is 11.3 Å². The van der Waals surface area contributed by atoms with Crippen molar-refractivity contribution < 1.29 is 23.5 Å². The van der Waals surface area contributed by atoms with E-state index in [0.29, 0.717) is 33.2 Å². The maximum absolute atomic E-state index is 13.8. The molecule has 3 aromatic rings. The Morgan fingerprint density at radius 3 is 2.50 bits per heavy atom. The summed E-state index contributed by atoms with van der Waals surface area (Å²) in [6, 6.07) is 13.8. The standard InChI is InChI=1S/C28H27FN2O4S/c1-5-34-27(32)23-16(3)30-17(4)24(28(33)35-6-2)25(23)20-12-7-8-13-21(20)26-31-22(15-36-26)18-10-9-11-19(29)14-18/h7-15,23,25H,5-6H2,1-4H3. The Balaban J connectivity index is 1.87. The molecule has 0 bridgehead atoms. The number of halogens is 1. The molecule has 1 aliphatic heterocycles. The van der Waals surface area contributed by atoms with Gasteiger partial charge in [0.25, 0.3) is 0 Å². The molecule has 8 heteroatoms. The van der Waals surface area contributed by atoms with Crippen molar-refractivity contribution in [2.45, 2.75) is 33.6 Å². The van der Waals surface area contributed by atoms with E-state index in [9.17, 15) is 14.0 Å². The predicted octanol–water partition coefficient (Wildman–Crippen LogP) is 6.19. The van der Waals surface area contributed by atoms with Crippen LogP contribution in [0.1, 0.15) is 39.2 Å². The zero-order valence-corrected chi connectivity index (χ0v) is 21.4. The molecule has 2 heterocycles. The van der Waals surface area contributed by atoms with Crippen molar-refractivity contribution in [3.05, 3.63) is 76.6 Å². The van der Waals surface area contributed by atoms with Crippen molar-refractivity contribution in [2.75, 3.05) is 13.2 Å². The molecule has 36 heavy (non-hydrogen) atoms. The summed E-state index contributed by atoms with van der Waals surface area (Å²) in [6.45, 7) is 7.40. The van der Waals surface area contributed by atoms with Crippen molar-refractivity contribution in [2.24, 2.45) is 10.9 Å². The van der Waals surface area contributed by atoms with Crippen LogP contribution in [0.5, 0.6) is 0 Å². The quantitative estimate of drug-likeness (QED) is 0.357. The summed E-state index contributed by atoms with van der Waals surface area (Å²) in [5, 5.41) is 2.55. The zero-order valence-electron chi connectivity index (χ0n) is 20.6. The number of carbonyl (C=O) groups is 2. The molecule has 186 valence electrons. The first-order chi connectivity index (χ1) is 17.3. The number of aliphatic imine (C=N–C) groups is 1. The van der Waals surface area contributed by atoms with Gasteiger partial charge in [0.15, 0.2) is 0 Å². The average Bonchev–Trinajstić information content (AvgIpc) is 3.34. The van der Waals surface area contributed by atoms with E-state index in [2.05, 4.69) is 4.99 Å². The van der Waals surface area contributed by atoms with Gasteiger partial charge in [-0.3, -0.25) is 9.79 Å². The molecule has 6 nitrogen and oxygen atoms in total. The average molecular weight is 507 g/mol. The Hall–Kier alpha value is -3.65. The van der Waals surface area contributed by atoms with E-state index in [4.69, 9.17) is 14.5 Å². The van der Waals surface area contributed by atoms with Gasteiger partial charge in [-0.1, -0.05) is 36.4 Å². The monoisotopic (exact) mass is 506 g/mol. The first-order valence-electron chi connectivity index (χ1n) is 11.8. The second-order valence-electron chi connectivity index (χ2n) is 8.32. The minimum atomic E-state index is -0.795. The summed E-state index contributed by atoms with van der Waals surface area (Å²) in [5.41, 5.74) is 4.23. The van der Waals surface area contributed by atoms with Crippen LogP contribution in [-0.4, -0.2) is 35.8 Å². The summed E-state index contributed by atoms with van der Waals surface area (Å²) in [4.78, 5) is 35.6. The predicted molar refractivity (Wildman–Crippen MR) is 138 cm³/mol. The maximum Gasteiger partial charge on any atom is 0.336 e. The van der Waals surface area contributed by atoms with Crippen molar-refractivity contribution >= 4 is 29.0 Å². The fraction of sp³-hybridized carbons (Fsp3) is 0.286. The number of aromatic nitrogens is 1. The summed E-state index contributed by atoms with van der Waals surface area (Å²) in [7, 11) is 0. The number of hydrogen-bond acceptors (Lipinski definition) is 7. The van der Waals surface area contributed by atoms with Gasteiger partial charge in [-0.2, -0.15) is 0 Å². The van der Waals surface area contributed by atoms with Gasteiger partial charge in [0.1, 0.15) is 16.7 Å². The summed E-state index contributed by atoms with van der Waals surface area (Å²) < 4.78 is 24.6. The number of benzene rings is 2. The molecule has 2 atom stereocenters. The van der Waals surface area contributed by atoms with Crippen LogP contribution in [0.2, 0.25) is 0 Å². The van der Waals surface area contributed by atoms with Crippen LogP contribution in [0.25, 0.3) is 21.8 Å². The molecule has 0 radical (unpaired) electrons. The molecule has 0 saturated carbocycles. The van der Waals surface area contributed by atoms with Crippen molar-refractivity contribution in [1.82, 2.24) is 4.98 Å². The lowest BCUT2D eigenvalue weighted by Gasteiger charge is -2.32. The minimum absolute atomic E-state index is 0.195. The SMILES string of the molecule is CCOC(=O)C1=C(C)N=C(C)C(C(=O)OCC)C1c1ccccc1-c1nc(-c2cccc(F)c2)cs1. The molecule has 1 aliphatic rings. The molecule has 0 fully saturated rings. The molecule has 2 unspecified atom stereocenters. The molecule has 0 amide bonds. The van der Waals surface area contributed by atoms with Crippen LogP contribution in [0.15, 0.2) is 70.2 Å². The third kappa shape index (κ3) is 4.99. The molecule has 0 spiro atoms. The molecule has 2 aromatic carbocycles. The second-order valence-corrected chi connectivity index (χ2v) is 9.17. The molecule has 0 aliphatic carbocycles. The highest BCUT2D eigenvalue weighted by Gasteiger charge is 2.43. The van der Waals surface area contributed by atoms with E-state index >= 15 is 0 Å². The zero-order chi connectivity index (χ0) is 25.8. The Bertz CT molecular complexity index is 1360. The topological polar surface area (TPSA) is 77.8 Å². The summed E-state index contributed by atoms with van der Waals surface area (Å²) >= 11 is 1.41. The lowest BCUT2D eigenvalue weighted by atomic mass is 9.74. The number of thiazole rings is 1. The number of ether oxygens (including phenoxy) is 2. The molecule has 0 N–H and O–H groups in total. The van der Waals surface area contributed by atoms with Gasteiger partial charge < -0.3 is 9.47 Å². The Labute approximate surface area is 213 Å². The Morgan fingerprint density at radius 1 is 1.03 bits per heavy atom. The fourth-order valence-electron chi connectivity index (χ4n) is 4.53. The van der Waals surface area contributed by atoms with Gasteiger partial charge in [-0.05, 0) is 45.4 Å². The van der Waals surface area contributed by atoms with Crippen LogP contribution < -0.4 is 0 Å². The van der Waals surface area contributed by atoms with Crippen LogP contribution in [-0.2, 0) is 19.1 Å². The van der Waals surface area contributed by atoms with E-state index in [1.54, 1.807) is 39.8 Å². The minimum Gasteiger partial charge on any atom is -0.465 e. The molecule has 0 saturated heterocycles. The van der Waals surface area contributed by atoms with E-state index in [1.807, 2.05) is 29.6 Å².